The van der Waals surface area contributed by atoms with Crippen molar-refractivity contribution in [1.82, 2.24) is 20.2 Å². The van der Waals surface area contributed by atoms with Crippen LogP contribution in [-0.2, 0) is 4.79 Å². The van der Waals surface area contributed by atoms with Gasteiger partial charge < -0.3 is 5.73 Å². The highest BCUT2D eigenvalue weighted by Crippen LogP contribution is 2.49. The summed E-state index contributed by atoms with van der Waals surface area (Å²) in [6, 6.07) is 5.85. The molecular weight excluding hydrogens is 342 g/mol. The molecule has 136 valence electrons. The van der Waals surface area contributed by atoms with E-state index in [1.807, 2.05) is 12.1 Å². The van der Waals surface area contributed by atoms with Gasteiger partial charge in [0.25, 0.3) is 0 Å². The number of nitrogens with two attached hydrogens (primary N) is 1. The van der Waals surface area contributed by atoms with Crippen LogP contribution in [0.2, 0.25) is 0 Å². The zero-order valence-corrected chi connectivity index (χ0v) is 15.1. The largest absolute Gasteiger partial charge is 0.384 e. The van der Waals surface area contributed by atoms with Crippen molar-refractivity contribution in [1.29, 1.82) is 5.26 Å². The summed E-state index contributed by atoms with van der Waals surface area (Å²) >= 11 is 0. The molecule has 1 aliphatic carbocycles. The van der Waals surface area contributed by atoms with E-state index in [4.69, 9.17) is 5.73 Å². The molecule has 0 saturated carbocycles. The Hall–Kier alpha value is -3.47. The van der Waals surface area contributed by atoms with Crippen LogP contribution < -0.4 is 10.6 Å². The molecule has 27 heavy (non-hydrogen) atoms. The van der Waals surface area contributed by atoms with E-state index < -0.39 is 5.92 Å². The molecule has 0 bridgehead atoms. The number of ketones is 1. The summed E-state index contributed by atoms with van der Waals surface area (Å²) < 4.78 is 0. The third-order valence-corrected chi connectivity index (χ3v) is 5.03. The predicted octanol–water partition coefficient (Wildman–Crippen LogP) is 2.14. The highest BCUT2D eigenvalue weighted by atomic mass is 16.1. The molecule has 0 amide bonds. The molecule has 8 nitrogen and oxygen atoms in total. The van der Waals surface area contributed by atoms with Gasteiger partial charge in [0, 0.05) is 30.1 Å². The van der Waals surface area contributed by atoms with Gasteiger partial charge >= 0.3 is 0 Å². The fourth-order valence-corrected chi connectivity index (χ4v) is 3.95. The number of H-pyrrole nitrogens is 1. The Balaban J connectivity index is 2.00. The van der Waals surface area contributed by atoms with Crippen molar-refractivity contribution in [3.05, 3.63) is 59.1 Å². The fraction of sp³-hybridized carbons (Fsp3) is 0.316. The van der Waals surface area contributed by atoms with E-state index in [9.17, 15) is 10.1 Å². The van der Waals surface area contributed by atoms with Crippen LogP contribution in [0, 0.1) is 16.7 Å². The second kappa shape index (κ2) is 6.06. The van der Waals surface area contributed by atoms with E-state index >= 15 is 0 Å². The van der Waals surface area contributed by atoms with Gasteiger partial charge in [0.15, 0.2) is 5.78 Å². The van der Waals surface area contributed by atoms with Gasteiger partial charge in [-0.1, -0.05) is 13.8 Å². The van der Waals surface area contributed by atoms with Crippen LogP contribution in [0.25, 0.3) is 0 Å². The van der Waals surface area contributed by atoms with Gasteiger partial charge in [-0.3, -0.25) is 14.7 Å². The molecule has 8 heteroatoms. The maximum Gasteiger partial charge on any atom is 0.231 e. The first-order chi connectivity index (χ1) is 12.9. The Bertz CT molecular complexity index is 996. The lowest BCUT2D eigenvalue weighted by Gasteiger charge is -2.42. The predicted molar refractivity (Wildman–Crippen MR) is 97.7 cm³/mol. The van der Waals surface area contributed by atoms with E-state index in [0.29, 0.717) is 29.9 Å². The summed E-state index contributed by atoms with van der Waals surface area (Å²) in [7, 11) is 0. The molecule has 3 N–H and O–H groups in total. The monoisotopic (exact) mass is 361 g/mol. The molecule has 0 radical (unpaired) electrons. The maximum atomic E-state index is 13.2. The molecule has 1 aliphatic heterocycles. The lowest BCUT2D eigenvalue weighted by molar-refractivity contribution is -0.118. The molecule has 1 unspecified atom stereocenters. The molecule has 0 saturated heterocycles. The molecule has 1 atom stereocenters. The fourth-order valence-electron chi connectivity index (χ4n) is 3.95. The van der Waals surface area contributed by atoms with Crippen LogP contribution in [0.1, 0.15) is 38.2 Å². The highest BCUT2D eigenvalue weighted by molar-refractivity contribution is 6.01. The Morgan fingerprint density at radius 3 is 2.70 bits per heavy atom. The number of nitrogens with one attached hydrogen (secondary N) is 1. The SMILES string of the molecule is CC1(C)CC(=O)C2=C(C1)N(c1ncn[nH]1)C(N)=C(C#N)C2c1ccncc1. The Morgan fingerprint density at radius 1 is 1.33 bits per heavy atom. The molecule has 2 aromatic rings. The lowest BCUT2D eigenvalue weighted by Crippen LogP contribution is -2.42. The standard InChI is InChI=1S/C19H19N7O/c1-19(2)7-13-16(14(27)8-19)15(11-3-5-22-6-4-11)12(9-20)17(21)26(13)18-23-10-24-25-18/h3-6,10,15H,7-8,21H2,1-2H3,(H,23,24,25). The normalized spacial score (nSPS) is 21.9. The van der Waals surface area contributed by atoms with Gasteiger partial charge in [-0.2, -0.15) is 15.3 Å². The first-order valence-electron chi connectivity index (χ1n) is 8.64. The van der Waals surface area contributed by atoms with E-state index in [1.54, 1.807) is 17.3 Å². The zero-order chi connectivity index (χ0) is 19.2. The van der Waals surface area contributed by atoms with Crippen LogP contribution in [0.5, 0.6) is 0 Å². The topological polar surface area (TPSA) is 125 Å². The third kappa shape index (κ3) is 2.68. The van der Waals surface area contributed by atoms with Gasteiger partial charge in [0.05, 0.1) is 17.6 Å². The van der Waals surface area contributed by atoms with Gasteiger partial charge in [0.2, 0.25) is 5.95 Å². The summed E-state index contributed by atoms with van der Waals surface area (Å²) in [4.78, 5) is 23.1. The summed E-state index contributed by atoms with van der Waals surface area (Å²) in [5.74, 6) is 0.176. The molecule has 0 fully saturated rings. The van der Waals surface area contributed by atoms with E-state index in [1.165, 1.54) is 6.33 Å². The number of allylic oxidation sites excluding steroid dienone is 3. The van der Waals surface area contributed by atoms with Crippen LogP contribution >= 0.6 is 0 Å². The van der Waals surface area contributed by atoms with Crippen molar-refractivity contribution in [2.75, 3.05) is 4.90 Å². The Morgan fingerprint density at radius 2 is 2.07 bits per heavy atom. The van der Waals surface area contributed by atoms with Gasteiger partial charge in [0.1, 0.15) is 12.1 Å². The summed E-state index contributed by atoms with van der Waals surface area (Å²) in [5.41, 5.74) is 8.72. The lowest BCUT2D eigenvalue weighted by atomic mass is 9.69. The summed E-state index contributed by atoms with van der Waals surface area (Å²) in [5, 5.41) is 16.6. The third-order valence-electron chi connectivity index (χ3n) is 5.03. The van der Waals surface area contributed by atoms with E-state index in [-0.39, 0.29) is 17.0 Å². The minimum atomic E-state index is -0.504. The quantitative estimate of drug-likeness (QED) is 0.839. The number of pyridine rings is 1. The molecular formula is C19H19N7O. The molecule has 4 rings (SSSR count). The van der Waals surface area contributed by atoms with Crippen LogP contribution in [-0.4, -0.2) is 25.9 Å². The smallest absolute Gasteiger partial charge is 0.231 e. The molecule has 2 aromatic heterocycles. The Labute approximate surface area is 156 Å². The number of Topliss-reactive ketones (excluding diaryl/α,β-unsaturated/α-hetero) is 1. The number of carbonyl (C=O) groups excluding carboxylic acids is 1. The molecule has 0 spiro atoms. The second-order valence-corrected chi connectivity index (χ2v) is 7.57. The van der Waals surface area contributed by atoms with Gasteiger partial charge in [-0.25, -0.2) is 5.10 Å². The first kappa shape index (κ1) is 17.0. The number of hydrogen-bond acceptors (Lipinski definition) is 7. The number of nitriles is 1. The summed E-state index contributed by atoms with van der Waals surface area (Å²) in [6.07, 6.45) is 5.73. The molecule has 2 aliphatic rings. The summed E-state index contributed by atoms with van der Waals surface area (Å²) in [6.45, 7) is 4.10. The van der Waals surface area contributed by atoms with Crippen LogP contribution in [0.3, 0.4) is 0 Å². The number of rotatable bonds is 2. The molecule has 0 aromatic carbocycles. The van der Waals surface area contributed by atoms with Gasteiger partial charge in [-0.05, 0) is 29.5 Å². The second-order valence-electron chi connectivity index (χ2n) is 7.57. The number of anilines is 1. The van der Waals surface area contributed by atoms with Crippen LogP contribution in [0.4, 0.5) is 5.95 Å². The highest BCUT2D eigenvalue weighted by Gasteiger charge is 2.45. The minimum absolute atomic E-state index is 0.0211. The minimum Gasteiger partial charge on any atom is -0.384 e. The van der Waals surface area contributed by atoms with Crippen molar-refractivity contribution < 1.29 is 4.79 Å². The number of hydrogen-bond donors (Lipinski definition) is 2. The van der Waals surface area contributed by atoms with Crippen molar-refractivity contribution in [3.63, 3.8) is 0 Å². The van der Waals surface area contributed by atoms with Crippen molar-refractivity contribution in [3.8, 4) is 6.07 Å². The maximum absolute atomic E-state index is 13.2. The van der Waals surface area contributed by atoms with Crippen molar-refractivity contribution in [2.24, 2.45) is 11.1 Å². The first-order valence-corrected chi connectivity index (χ1v) is 8.64. The number of nitrogens with zero attached hydrogens (tertiary/aromatic N) is 5. The number of aromatic nitrogens is 4. The number of carbonyl (C=O) groups is 1. The molecule has 3 heterocycles. The van der Waals surface area contributed by atoms with Crippen molar-refractivity contribution in [2.45, 2.75) is 32.6 Å². The van der Waals surface area contributed by atoms with E-state index in [0.717, 1.165) is 11.3 Å². The average Bonchev–Trinajstić information content (AvgIpc) is 3.14. The number of aromatic amines is 1. The van der Waals surface area contributed by atoms with Crippen LogP contribution in [0.15, 0.2) is 53.5 Å². The Kier molecular flexibility index (Phi) is 3.81. The van der Waals surface area contributed by atoms with E-state index in [2.05, 4.69) is 40.1 Å². The zero-order valence-electron chi connectivity index (χ0n) is 15.1. The average molecular weight is 361 g/mol. The van der Waals surface area contributed by atoms with Gasteiger partial charge in [-0.15, -0.1) is 0 Å². The van der Waals surface area contributed by atoms with Crippen molar-refractivity contribution >= 4 is 11.7 Å².